The zero-order valence-corrected chi connectivity index (χ0v) is 14.3. The molecule has 0 radical (unpaired) electrons. The van der Waals surface area contributed by atoms with Crippen LogP contribution < -0.4 is 0 Å². The van der Waals surface area contributed by atoms with Gasteiger partial charge in [0.2, 0.25) is 0 Å². The van der Waals surface area contributed by atoms with E-state index in [1.807, 2.05) is 44.7 Å². The van der Waals surface area contributed by atoms with Crippen molar-refractivity contribution >= 4 is 26.8 Å². The van der Waals surface area contributed by atoms with Crippen molar-refractivity contribution in [3.05, 3.63) is 52.8 Å². The second kappa shape index (κ2) is 5.34. The predicted octanol–water partition coefficient (Wildman–Crippen LogP) is 3.54. The van der Waals surface area contributed by atoms with Gasteiger partial charge < -0.3 is 9.09 Å². The lowest BCUT2D eigenvalue weighted by molar-refractivity contribution is 0.389. The normalized spacial score (nSPS) is 11.4. The van der Waals surface area contributed by atoms with Gasteiger partial charge in [-0.3, -0.25) is 4.68 Å². The van der Waals surface area contributed by atoms with Gasteiger partial charge in [0.05, 0.1) is 24.0 Å². The van der Waals surface area contributed by atoms with Crippen LogP contribution in [0.5, 0.6) is 0 Å². The molecule has 4 aromatic rings. The van der Waals surface area contributed by atoms with Crippen LogP contribution >= 0.6 is 15.9 Å². The summed E-state index contributed by atoms with van der Waals surface area (Å²) in [5.74, 6) is 0.808. The van der Waals surface area contributed by atoms with Crippen molar-refractivity contribution in [2.45, 2.75) is 13.5 Å². The van der Waals surface area contributed by atoms with Gasteiger partial charge in [0.25, 0.3) is 0 Å². The number of fused-ring (bicyclic) bond motifs is 1. The molecular formula is C16H14BrN5O. The molecular weight excluding hydrogens is 358 g/mol. The quantitative estimate of drug-likeness (QED) is 0.516. The fourth-order valence-electron chi connectivity index (χ4n) is 2.75. The molecule has 0 aliphatic carbocycles. The van der Waals surface area contributed by atoms with Gasteiger partial charge in [0, 0.05) is 36.5 Å². The smallest absolute Gasteiger partial charge is 0.133 e. The maximum Gasteiger partial charge on any atom is 0.133 e. The lowest BCUT2D eigenvalue weighted by atomic mass is 10.2. The Morgan fingerprint density at radius 2 is 2.09 bits per heavy atom. The van der Waals surface area contributed by atoms with E-state index in [9.17, 15) is 0 Å². The number of nitrogens with zero attached hydrogens (tertiary/aromatic N) is 5. The first-order chi connectivity index (χ1) is 11.1. The van der Waals surface area contributed by atoms with Crippen LogP contribution in [-0.2, 0) is 13.6 Å². The van der Waals surface area contributed by atoms with E-state index < -0.39 is 0 Å². The van der Waals surface area contributed by atoms with Crippen molar-refractivity contribution in [1.29, 1.82) is 0 Å². The topological polar surface area (TPSA) is 61.7 Å². The molecule has 0 spiro atoms. The van der Waals surface area contributed by atoms with Gasteiger partial charge in [-0.15, -0.1) is 0 Å². The number of aromatic nitrogens is 5. The molecule has 0 saturated carbocycles. The monoisotopic (exact) mass is 371 g/mol. The maximum atomic E-state index is 5.20. The Balaban J connectivity index is 1.92. The van der Waals surface area contributed by atoms with Gasteiger partial charge >= 0.3 is 0 Å². The molecule has 0 N–H and O–H groups in total. The zero-order chi connectivity index (χ0) is 16.0. The van der Waals surface area contributed by atoms with E-state index in [-0.39, 0.29) is 0 Å². The van der Waals surface area contributed by atoms with Crippen molar-refractivity contribution in [2.75, 3.05) is 0 Å². The lowest BCUT2D eigenvalue weighted by Gasteiger charge is -2.07. The van der Waals surface area contributed by atoms with Gasteiger partial charge in [0.15, 0.2) is 0 Å². The molecule has 116 valence electrons. The van der Waals surface area contributed by atoms with Crippen LogP contribution in [0.1, 0.15) is 11.5 Å². The van der Waals surface area contributed by atoms with Crippen LogP contribution in [0, 0.1) is 6.92 Å². The molecule has 0 aromatic carbocycles. The second-order valence-corrected chi connectivity index (χ2v) is 6.33. The molecule has 0 aliphatic rings. The van der Waals surface area contributed by atoms with E-state index in [0.717, 1.165) is 38.2 Å². The van der Waals surface area contributed by atoms with Crippen LogP contribution in [0.15, 0.2) is 45.9 Å². The average Bonchev–Trinajstić information content (AvgIpc) is 3.20. The van der Waals surface area contributed by atoms with Crippen LogP contribution in [0.2, 0.25) is 0 Å². The van der Waals surface area contributed by atoms with Crippen molar-refractivity contribution in [1.82, 2.24) is 24.5 Å². The molecule has 23 heavy (non-hydrogen) atoms. The summed E-state index contributed by atoms with van der Waals surface area (Å²) in [6, 6.07) is 6.09. The third-order valence-electron chi connectivity index (χ3n) is 3.75. The van der Waals surface area contributed by atoms with E-state index in [0.29, 0.717) is 6.54 Å². The molecule has 4 heterocycles. The Labute approximate surface area is 140 Å². The number of pyridine rings is 1. The van der Waals surface area contributed by atoms with E-state index in [1.165, 1.54) is 0 Å². The van der Waals surface area contributed by atoms with E-state index in [4.69, 9.17) is 4.52 Å². The summed E-state index contributed by atoms with van der Waals surface area (Å²) < 4.78 is 10.0. The van der Waals surface area contributed by atoms with Gasteiger partial charge in [-0.05, 0) is 35.0 Å². The van der Waals surface area contributed by atoms with Gasteiger partial charge in [-0.25, -0.2) is 4.98 Å². The summed E-state index contributed by atoms with van der Waals surface area (Å²) in [4.78, 5) is 4.32. The number of halogens is 1. The molecule has 0 unspecified atom stereocenters. The minimum absolute atomic E-state index is 0.627. The maximum absolute atomic E-state index is 5.20. The fourth-order valence-corrected chi connectivity index (χ4v) is 3.07. The van der Waals surface area contributed by atoms with Crippen molar-refractivity contribution in [3.63, 3.8) is 0 Å². The third kappa shape index (κ3) is 2.57. The minimum atomic E-state index is 0.627. The number of rotatable bonds is 3. The summed E-state index contributed by atoms with van der Waals surface area (Å²) >= 11 is 3.45. The van der Waals surface area contributed by atoms with Crippen molar-refractivity contribution in [3.8, 4) is 11.3 Å². The summed E-state index contributed by atoms with van der Waals surface area (Å²) in [6.45, 7) is 2.52. The highest BCUT2D eigenvalue weighted by molar-refractivity contribution is 9.10. The Kier molecular flexibility index (Phi) is 3.30. The fraction of sp³-hybridized carbons (Fsp3) is 0.188. The van der Waals surface area contributed by atoms with Crippen molar-refractivity contribution < 1.29 is 4.52 Å². The Hall–Kier alpha value is -2.41. The predicted molar refractivity (Wildman–Crippen MR) is 90.0 cm³/mol. The third-order valence-corrected chi connectivity index (χ3v) is 4.18. The molecule has 7 heteroatoms. The highest BCUT2D eigenvalue weighted by Gasteiger charge is 2.14. The molecule has 6 nitrogen and oxygen atoms in total. The van der Waals surface area contributed by atoms with Crippen LogP contribution in [0.3, 0.4) is 0 Å². The number of aryl methyl sites for hydroxylation is 2. The minimum Gasteiger partial charge on any atom is -0.361 e. The van der Waals surface area contributed by atoms with Gasteiger partial charge in [0.1, 0.15) is 16.1 Å². The Morgan fingerprint density at radius 3 is 2.78 bits per heavy atom. The van der Waals surface area contributed by atoms with Crippen LogP contribution in [-0.4, -0.2) is 24.5 Å². The average molecular weight is 372 g/mol. The summed E-state index contributed by atoms with van der Waals surface area (Å²) in [7, 11) is 1.91. The standard InChI is InChI=1S/C16H14BrN5O/c1-10-3-13(20-23-10)9-22-14(12-7-19-21(2)8-12)4-11-6-18-16(17)5-15(11)22/h3-8H,9H2,1-2H3. The summed E-state index contributed by atoms with van der Waals surface area (Å²) in [5, 5.41) is 9.47. The first kappa shape index (κ1) is 14.2. The molecule has 0 atom stereocenters. The van der Waals surface area contributed by atoms with Gasteiger partial charge in [-0.1, -0.05) is 5.16 Å². The molecule has 0 bridgehead atoms. The summed E-state index contributed by atoms with van der Waals surface area (Å²) in [5.41, 5.74) is 4.11. The molecule has 0 saturated heterocycles. The number of hydrogen-bond acceptors (Lipinski definition) is 4. The van der Waals surface area contributed by atoms with Crippen molar-refractivity contribution in [2.24, 2.45) is 7.05 Å². The Morgan fingerprint density at radius 1 is 1.22 bits per heavy atom. The SMILES string of the molecule is Cc1cc(Cn2c(-c3cnn(C)c3)cc3cnc(Br)cc32)no1. The summed E-state index contributed by atoms with van der Waals surface area (Å²) in [6.07, 6.45) is 5.73. The first-order valence-electron chi connectivity index (χ1n) is 7.16. The van der Waals surface area contributed by atoms with E-state index in [2.05, 4.69) is 41.8 Å². The zero-order valence-electron chi connectivity index (χ0n) is 12.7. The highest BCUT2D eigenvalue weighted by atomic mass is 79.9. The van der Waals surface area contributed by atoms with E-state index >= 15 is 0 Å². The molecule has 0 aliphatic heterocycles. The molecule has 0 fully saturated rings. The van der Waals surface area contributed by atoms with E-state index in [1.54, 1.807) is 4.68 Å². The van der Waals surface area contributed by atoms with Crippen LogP contribution in [0.4, 0.5) is 0 Å². The molecule has 0 amide bonds. The molecule has 4 rings (SSSR count). The second-order valence-electron chi connectivity index (χ2n) is 5.51. The first-order valence-corrected chi connectivity index (χ1v) is 7.95. The highest BCUT2D eigenvalue weighted by Crippen LogP contribution is 2.29. The lowest BCUT2D eigenvalue weighted by Crippen LogP contribution is -2.01. The molecule has 4 aromatic heterocycles. The van der Waals surface area contributed by atoms with Crippen LogP contribution in [0.25, 0.3) is 22.2 Å². The number of hydrogen-bond donors (Lipinski definition) is 0. The largest absolute Gasteiger partial charge is 0.361 e. The Bertz CT molecular complexity index is 997. The van der Waals surface area contributed by atoms with Gasteiger partial charge in [-0.2, -0.15) is 5.10 Å².